The highest BCUT2D eigenvalue weighted by Gasteiger charge is 2.37. The Balaban J connectivity index is 0.000000225. The monoisotopic (exact) mass is 667 g/mol. The Morgan fingerprint density at radius 2 is 1.08 bits per heavy atom. The number of guanidine groups is 2. The van der Waals surface area contributed by atoms with Crippen LogP contribution in [0.15, 0.2) is 91.0 Å². The fraction of sp³-hybridized carbons (Fsp3) is 0.500. The minimum atomic E-state index is -0.868. The summed E-state index contributed by atoms with van der Waals surface area (Å²) in [5.41, 5.74) is 0. The van der Waals surface area contributed by atoms with E-state index >= 15 is 0 Å². The molecule has 2 aliphatic carbocycles. The summed E-state index contributed by atoms with van der Waals surface area (Å²) < 4.78 is 17.3. The first-order valence-corrected chi connectivity index (χ1v) is 18.3. The normalized spacial score (nSPS) is 16.3. The van der Waals surface area contributed by atoms with Gasteiger partial charge in [0, 0.05) is 20.1 Å². The molecule has 2 aliphatic rings. The molecule has 2 fully saturated rings. The number of rotatable bonds is 12. The van der Waals surface area contributed by atoms with Crippen LogP contribution in [-0.2, 0) is 0 Å². The smallest absolute Gasteiger partial charge is 0.490 e. The maximum absolute atomic E-state index is 8.46. The summed E-state index contributed by atoms with van der Waals surface area (Å²) in [6, 6.07) is 28.7. The van der Waals surface area contributed by atoms with Gasteiger partial charge in [0.2, 0.25) is 0 Å². The van der Waals surface area contributed by atoms with Crippen molar-refractivity contribution in [2.24, 2.45) is 23.7 Å². The van der Waals surface area contributed by atoms with Gasteiger partial charge in [-0.15, -0.1) is 0 Å². The summed E-state index contributed by atoms with van der Waals surface area (Å²) in [6.45, 7) is 4.69. The number of nitrogens with one attached hydrogen (secondary N) is 4. The van der Waals surface area contributed by atoms with E-state index in [-0.39, 0.29) is 5.96 Å². The van der Waals surface area contributed by atoms with Crippen LogP contribution in [0.2, 0.25) is 0 Å². The fourth-order valence-corrected chi connectivity index (χ4v) is 7.14. The van der Waals surface area contributed by atoms with E-state index in [1.54, 1.807) is 4.90 Å². The van der Waals surface area contributed by atoms with Crippen LogP contribution < -0.4 is 24.6 Å². The van der Waals surface area contributed by atoms with Gasteiger partial charge in [-0.05, 0) is 79.3 Å². The molecule has 0 bridgehead atoms. The van der Waals surface area contributed by atoms with Gasteiger partial charge in [0.05, 0.1) is 0 Å². The third-order valence-corrected chi connectivity index (χ3v) is 9.55. The van der Waals surface area contributed by atoms with E-state index in [0.717, 1.165) is 5.92 Å². The van der Waals surface area contributed by atoms with Crippen LogP contribution >= 0.6 is 0 Å². The lowest BCUT2D eigenvalue weighted by Crippen LogP contribution is -2.54. The fourth-order valence-electron chi connectivity index (χ4n) is 7.14. The van der Waals surface area contributed by atoms with Crippen molar-refractivity contribution in [1.82, 2.24) is 15.5 Å². The van der Waals surface area contributed by atoms with Crippen molar-refractivity contribution in [3.8, 4) is 17.2 Å². The molecular weight excluding hydrogens is 609 g/mol. The van der Waals surface area contributed by atoms with Crippen molar-refractivity contribution in [2.75, 3.05) is 14.1 Å². The van der Waals surface area contributed by atoms with Crippen LogP contribution in [0.5, 0.6) is 17.2 Å². The van der Waals surface area contributed by atoms with Crippen LogP contribution in [0.4, 0.5) is 0 Å². The van der Waals surface area contributed by atoms with Gasteiger partial charge in [0.15, 0.2) is 11.9 Å². The summed E-state index contributed by atoms with van der Waals surface area (Å²) in [6.07, 6.45) is 14.7. The molecule has 5 rings (SSSR count). The molecule has 9 heteroatoms. The summed E-state index contributed by atoms with van der Waals surface area (Å²) in [4.78, 5) is 1.71. The summed E-state index contributed by atoms with van der Waals surface area (Å²) in [7, 11) is 2.81. The summed E-state index contributed by atoms with van der Waals surface area (Å²) in [5, 5.41) is 23.0. The van der Waals surface area contributed by atoms with Gasteiger partial charge >= 0.3 is 7.32 Å². The van der Waals surface area contributed by atoms with Gasteiger partial charge in [-0.1, -0.05) is 120 Å². The van der Waals surface area contributed by atoms with Crippen LogP contribution in [-0.4, -0.2) is 44.3 Å². The van der Waals surface area contributed by atoms with Crippen molar-refractivity contribution >= 4 is 19.2 Å². The SMILES string of the molecule is CC(C)CC(C1CCCCC1)C(NC(=N)NC(=N)N(C)C)C1CCCCC1.c1ccc(OB(Oc2ccccc2)Oc2ccccc2)cc1. The summed E-state index contributed by atoms with van der Waals surface area (Å²) in [5.74, 6) is 5.40. The zero-order valence-electron chi connectivity index (χ0n) is 30.1. The average molecular weight is 668 g/mol. The quantitative estimate of drug-likeness (QED) is 0.0874. The van der Waals surface area contributed by atoms with Crippen LogP contribution in [0.25, 0.3) is 0 Å². The minimum Gasteiger partial charge on any atom is -0.490 e. The van der Waals surface area contributed by atoms with E-state index < -0.39 is 7.32 Å². The minimum absolute atomic E-state index is 0.271. The first-order valence-electron chi connectivity index (χ1n) is 18.3. The molecule has 2 saturated carbocycles. The first-order chi connectivity index (χ1) is 23.8. The predicted molar refractivity (Wildman–Crippen MR) is 202 cm³/mol. The molecule has 3 aromatic rings. The topological polar surface area (TPSA) is 103 Å². The van der Waals surface area contributed by atoms with Crippen molar-refractivity contribution < 1.29 is 14.0 Å². The van der Waals surface area contributed by atoms with Gasteiger partial charge in [-0.25, -0.2) is 0 Å². The van der Waals surface area contributed by atoms with Gasteiger partial charge < -0.3 is 24.2 Å². The predicted octanol–water partition coefficient (Wildman–Crippen LogP) is 9.00. The van der Waals surface area contributed by atoms with Gasteiger partial charge in [0.25, 0.3) is 0 Å². The highest BCUT2D eigenvalue weighted by Crippen LogP contribution is 2.40. The maximum Gasteiger partial charge on any atom is 0.864 e. The highest BCUT2D eigenvalue weighted by molar-refractivity contribution is 6.39. The number of hydrogen-bond acceptors (Lipinski definition) is 5. The van der Waals surface area contributed by atoms with E-state index in [9.17, 15) is 0 Å². The van der Waals surface area contributed by atoms with Crippen molar-refractivity contribution in [1.29, 1.82) is 10.8 Å². The van der Waals surface area contributed by atoms with Gasteiger partial charge in [0.1, 0.15) is 17.2 Å². The number of benzene rings is 3. The molecule has 0 heterocycles. The standard InChI is InChI=1S/C22H43N5.C18H15BO3/c1-16(2)15-19(17-11-7-5-8-12-17)20(18-13-9-6-10-14-18)25-21(23)26-22(24)27(3)4;1-4-10-16(11-5-1)20-19(21-17-12-6-2-7-13-17)22-18-14-8-3-9-15-18/h16-20H,5-15H2,1-4H3,(H4,23,24,25,26);1-15H. The third-order valence-electron chi connectivity index (χ3n) is 9.55. The Labute approximate surface area is 295 Å². The second-order valence-corrected chi connectivity index (χ2v) is 14.1. The Morgan fingerprint density at radius 3 is 1.47 bits per heavy atom. The largest absolute Gasteiger partial charge is 0.864 e. The molecule has 2 atom stereocenters. The molecule has 0 radical (unpaired) electrons. The van der Waals surface area contributed by atoms with Crippen LogP contribution in [0.3, 0.4) is 0 Å². The molecule has 0 aromatic heterocycles. The Bertz CT molecular complexity index is 1250. The van der Waals surface area contributed by atoms with Gasteiger partial charge in [-0.3, -0.25) is 16.1 Å². The highest BCUT2D eigenvalue weighted by atomic mass is 16.7. The van der Waals surface area contributed by atoms with E-state index in [2.05, 4.69) is 24.5 Å². The lowest BCUT2D eigenvalue weighted by molar-refractivity contribution is 0.127. The second kappa shape index (κ2) is 20.4. The van der Waals surface area contributed by atoms with Gasteiger partial charge in [-0.2, -0.15) is 0 Å². The Hall–Kier alpha value is -4.14. The molecule has 4 N–H and O–H groups in total. The van der Waals surface area contributed by atoms with E-state index in [1.807, 2.05) is 105 Å². The molecule has 264 valence electrons. The molecule has 3 aromatic carbocycles. The van der Waals surface area contributed by atoms with Crippen molar-refractivity contribution in [3.05, 3.63) is 91.0 Å². The molecular formula is C40H58BN5O3. The lowest BCUT2D eigenvalue weighted by Gasteiger charge is -2.42. The number of nitrogens with zero attached hydrogens (tertiary/aromatic N) is 1. The lowest BCUT2D eigenvalue weighted by atomic mass is 9.68. The molecule has 8 nitrogen and oxygen atoms in total. The molecule has 49 heavy (non-hydrogen) atoms. The van der Waals surface area contributed by atoms with Crippen LogP contribution in [0, 0.1) is 34.5 Å². The van der Waals surface area contributed by atoms with E-state index in [4.69, 9.17) is 24.8 Å². The number of para-hydroxylation sites is 3. The second-order valence-electron chi connectivity index (χ2n) is 14.1. The molecule has 2 unspecified atom stereocenters. The average Bonchev–Trinajstić information content (AvgIpc) is 3.12. The van der Waals surface area contributed by atoms with Crippen molar-refractivity contribution in [2.45, 2.75) is 90.5 Å². The van der Waals surface area contributed by atoms with Crippen LogP contribution in [0.1, 0.15) is 84.5 Å². The molecule has 0 saturated heterocycles. The first kappa shape index (κ1) is 37.7. The molecule has 0 amide bonds. The zero-order valence-corrected chi connectivity index (χ0v) is 30.1. The summed E-state index contributed by atoms with van der Waals surface area (Å²) >= 11 is 0. The molecule has 0 aliphatic heterocycles. The van der Waals surface area contributed by atoms with E-state index in [1.165, 1.54) is 70.6 Å². The molecule has 0 spiro atoms. The maximum atomic E-state index is 8.46. The third kappa shape index (κ3) is 13.4. The van der Waals surface area contributed by atoms with E-state index in [0.29, 0.717) is 47.0 Å². The zero-order chi connectivity index (χ0) is 34.8. The Morgan fingerprint density at radius 1 is 0.673 bits per heavy atom. The number of hydrogen-bond donors (Lipinski definition) is 4. The Kier molecular flexibility index (Phi) is 15.7. The van der Waals surface area contributed by atoms with Crippen molar-refractivity contribution in [3.63, 3.8) is 0 Å².